The van der Waals surface area contributed by atoms with E-state index < -0.39 is 0 Å². The summed E-state index contributed by atoms with van der Waals surface area (Å²) in [6, 6.07) is 0. The second-order valence-electron chi connectivity index (χ2n) is 3.34. The molecule has 0 radical (unpaired) electrons. The first-order valence-corrected chi connectivity index (χ1v) is 4.90. The Balaban J connectivity index is 2.32. The summed E-state index contributed by atoms with van der Waals surface area (Å²) in [5, 5.41) is 0. The lowest BCUT2D eigenvalue weighted by atomic mass is 9.99. The summed E-state index contributed by atoms with van der Waals surface area (Å²) >= 11 is 0. The molecule has 0 bridgehead atoms. The zero-order chi connectivity index (χ0) is 9.52. The van der Waals surface area contributed by atoms with E-state index in [1.807, 2.05) is 6.08 Å². The Bertz CT molecular complexity index is 223. The van der Waals surface area contributed by atoms with Crippen LogP contribution in [0.25, 0.3) is 0 Å². The van der Waals surface area contributed by atoms with Gasteiger partial charge in [0.05, 0.1) is 12.9 Å². The molecule has 0 amide bonds. The molecule has 1 rings (SSSR count). The number of allylic oxidation sites excluding steroid dienone is 5. The largest absolute Gasteiger partial charge is 0.501 e. The highest BCUT2D eigenvalue weighted by Gasteiger charge is 2.05. The quantitative estimate of drug-likeness (QED) is 0.461. The molecule has 1 aliphatic rings. The first kappa shape index (κ1) is 10.1. The van der Waals surface area contributed by atoms with E-state index in [-0.39, 0.29) is 0 Å². The van der Waals surface area contributed by atoms with Crippen molar-refractivity contribution in [2.75, 3.05) is 7.11 Å². The summed E-state index contributed by atoms with van der Waals surface area (Å²) in [5.41, 5.74) is 1.54. The predicted molar refractivity (Wildman–Crippen MR) is 56.5 cm³/mol. The molecule has 0 aromatic heterocycles. The summed E-state index contributed by atoms with van der Waals surface area (Å²) in [6.07, 6.45) is 12.1. The second-order valence-corrected chi connectivity index (χ2v) is 3.34. The molecule has 0 heterocycles. The highest BCUT2D eigenvalue weighted by Crippen LogP contribution is 2.22. The Morgan fingerprint density at radius 3 is 2.85 bits per heavy atom. The Morgan fingerprint density at radius 1 is 1.46 bits per heavy atom. The summed E-state index contributed by atoms with van der Waals surface area (Å²) in [6.45, 7) is 3.72. The molecule has 0 aromatic carbocycles. The minimum Gasteiger partial charge on any atom is -0.501 e. The number of unbranched alkanes of at least 4 members (excludes halogenated alkanes) is 1. The molecule has 1 nitrogen and oxygen atoms in total. The lowest BCUT2D eigenvalue weighted by Gasteiger charge is -2.13. The summed E-state index contributed by atoms with van der Waals surface area (Å²) in [7, 11) is 1.74. The summed E-state index contributed by atoms with van der Waals surface area (Å²) in [4.78, 5) is 0. The van der Waals surface area contributed by atoms with Crippen molar-refractivity contribution < 1.29 is 4.74 Å². The molecule has 0 atom stereocenters. The van der Waals surface area contributed by atoms with E-state index in [0.29, 0.717) is 0 Å². The van der Waals surface area contributed by atoms with Crippen molar-refractivity contribution in [2.45, 2.75) is 32.1 Å². The molecule has 13 heavy (non-hydrogen) atoms. The van der Waals surface area contributed by atoms with Crippen molar-refractivity contribution in [3.05, 3.63) is 36.1 Å². The van der Waals surface area contributed by atoms with Crippen LogP contribution in [0.15, 0.2) is 36.1 Å². The van der Waals surface area contributed by atoms with E-state index >= 15 is 0 Å². The molecule has 0 saturated heterocycles. The van der Waals surface area contributed by atoms with Gasteiger partial charge in [-0.05, 0) is 31.8 Å². The third-order valence-electron chi connectivity index (χ3n) is 2.37. The van der Waals surface area contributed by atoms with Gasteiger partial charge in [0.15, 0.2) is 0 Å². The van der Waals surface area contributed by atoms with Gasteiger partial charge in [0.25, 0.3) is 0 Å². The number of rotatable bonds is 5. The van der Waals surface area contributed by atoms with Gasteiger partial charge in [0.2, 0.25) is 0 Å². The zero-order valence-electron chi connectivity index (χ0n) is 8.38. The Labute approximate surface area is 80.8 Å². The first-order chi connectivity index (χ1) is 6.36. The van der Waals surface area contributed by atoms with Gasteiger partial charge in [-0.3, -0.25) is 0 Å². The van der Waals surface area contributed by atoms with Gasteiger partial charge in [-0.1, -0.05) is 17.7 Å². The van der Waals surface area contributed by atoms with Gasteiger partial charge < -0.3 is 4.74 Å². The average Bonchev–Trinajstić information content (AvgIpc) is 2.19. The van der Waals surface area contributed by atoms with Crippen LogP contribution < -0.4 is 0 Å². The minimum atomic E-state index is 1.07. The maximum atomic E-state index is 5.17. The molecule has 0 N–H and O–H groups in total. The second kappa shape index (κ2) is 5.63. The van der Waals surface area contributed by atoms with Gasteiger partial charge in [0, 0.05) is 6.42 Å². The molecular formula is C12H18O. The Kier molecular flexibility index (Phi) is 4.37. The maximum Gasteiger partial charge on any atom is 0.0958 e. The monoisotopic (exact) mass is 178 g/mol. The lowest BCUT2D eigenvalue weighted by Crippen LogP contribution is -1.95. The zero-order valence-corrected chi connectivity index (χ0v) is 8.38. The third-order valence-corrected chi connectivity index (χ3v) is 2.37. The van der Waals surface area contributed by atoms with Gasteiger partial charge in [-0.2, -0.15) is 0 Å². The summed E-state index contributed by atoms with van der Waals surface area (Å²) in [5.74, 6) is 1.10. The normalized spacial score (nSPS) is 16.1. The topological polar surface area (TPSA) is 9.23 Å². The van der Waals surface area contributed by atoms with Crippen LogP contribution >= 0.6 is 0 Å². The van der Waals surface area contributed by atoms with Gasteiger partial charge in [0.1, 0.15) is 0 Å². The van der Waals surface area contributed by atoms with Crippen LogP contribution in [0.5, 0.6) is 0 Å². The molecule has 0 spiro atoms. The van der Waals surface area contributed by atoms with E-state index in [4.69, 9.17) is 4.74 Å². The summed E-state index contributed by atoms with van der Waals surface area (Å²) < 4.78 is 5.17. The van der Waals surface area contributed by atoms with Crippen molar-refractivity contribution in [1.29, 1.82) is 0 Å². The molecule has 1 aliphatic carbocycles. The predicted octanol–water partition coefficient (Wildman–Crippen LogP) is 3.59. The fraction of sp³-hybridized carbons (Fsp3) is 0.500. The Morgan fingerprint density at radius 2 is 2.31 bits per heavy atom. The number of hydrogen-bond donors (Lipinski definition) is 0. The minimum absolute atomic E-state index is 1.07. The van der Waals surface area contributed by atoms with Crippen molar-refractivity contribution in [3.63, 3.8) is 0 Å². The smallest absolute Gasteiger partial charge is 0.0958 e. The van der Waals surface area contributed by atoms with Crippen LogP contribution in [0.1, 0.15) is 32.1 Å². The highest BCUT2D eigenvalue weighted by molar-refractivity contribution is 5.20. The fourth-order valence-electron chi connectivity index (χ4n) is 1.51. The van der Waals surface area contributed by atoms with Gasteiger partial charge >= 0.3 is 0 Å². The molecule has 0 aliphatic heterocycles. The fourth-order valence-corrected chi connectivity index (χ4v) is 1.51. The van der Waals surface area contributed by atoms with Crippen LogP contribution in [0.4, 0.5) is 0 Å². The SMILES string of the molecule is C=CCCCC1=CC=C(OC)CC1. The van der Waals surface area contributed by atoms with Crippen LogP contribution in [0.2, 0.25) is 0 Å². The van der Waals surface area contributed by atoms with Crippen LogP contribution in [0, 0.1) is 0 Å². The number of hydrogen-bond acceptors (Lipinski definition) is 1. The lowest BCUT2D eigenvalue weighted by molar-refractivity contribution is 0.275. The molecular weight excluding hydrogens is 160 g/mol. The van der Waals surface area contributed by atoms with Crippen molar-refractivity contribution >= 4 is 0 Å². The maximum absolute atomic E-state index is 5.17. The van der Waals surface area contributed by atoms with E-state index in [1.54, 1.807) is 12.7 Å². The van der Waals surface area contributed by atoms with Crippen LogP contribution in [0.3, 0.4) is 0 Å². The van der Waals surface area contributed by atoms with Crippen LogP contribution in [-0.2, 0) is 4.74 Å². The average molecular weight is 178 g/mol. The van der Waals surface area contributed by atoms with E-state index in [9.17, 15) is 0 Å². The molecule has 72 valence electrons. The molecule has 0 saturated carbocycles. The molecule has 0 aromatic rings. The number of methoxy groups -OCH3 is 1. The van der Waals surface area contributed by atoms with Crippen molar-refractivity contribution in [1.82, 2.24) is 0 Å². The van der Waals surface area contributed by atoms with Crippen molar-refractivity contribution in [3.8, 4) is 0 Å². The highest BCUT2D eigenvalue weighted by atomic mass is 16.5. The van der Waals surface area contributed by atoms with E-state index in [1.165, 1.54) is 12.8 Å². The number of ether oxygens (including phenoxy) is 1. The van der Waals surface area contributed by atoms with Crippen LogP contribution in [-0.4, -0.2) is 7.11 Å². The Hall–Kier alpha value is -0.980. The third kappa shape index (κ3) is 3.49. The van der Waals surface area contributed by atoms with E-state index in [0.717, 1.165) is 25.0 Å². The van der Waals surface area contributed by atoms with Gasteiger partial charge in [-0.25, -0.2) is 0 Å². The first-order valence-electron chi connectivity index (χ1n) is 4.90. The van der Waals surface area contributed by atoms with E-state index in [2.05, 4.69) is 18.7 Å². The van der Waals surface area contributed by atoms with Crippen molar-refractivity contribution in [2.24, 2.45) is 0 Å². The molecule has 0 unspecified atom stereocenters. The van der Waals surface area contributed by atoms with Gasteiger partial charge in [-0.15, -0.1) is 6.58 Å². The standard InChI is InChI=1S/C12H18O/c1-3-4-5-6-11-7-9-12(13-2)10-8-11/h3,7,9H,1,4-6,8,10H2,2H3. The molecule has 0 fully saturated rings. The molecule has 1 heteroatoms.